The van der Waals surface area contributed by atoms with Crippen LogP contribution in [0, 0.1) is 0 Å². The lowest BCUT2D eigenvalue weighted by Gasteiger charge is -2.35. The second-order valence-electron chi connectivity index (χ2n) is 4.22. The van der Waals surface area contributed by atoms with Crippen LogP contribution < -0.4 is 0 Å². The van der Waals surface area contributed by atoms with E-state index in [0.717, 1.165) is 0 Å². The van der Waals surface area contributed by atoms with E-state index in [2.05, 4.69) is 4.98 Å². The molecule has 1 aliphatic heterocycles. The van der Waals surface area contributed by atoms with Gasteiger partial charge in [0.2, 0.25) is 0 Å². The molecule has 86 valence electrons. The molecule has 5 heteroatoms. The topological polar surface area (TPSA) is 62.7 Å². The van der Waals surface area contributed by atoms with Gasteiger partial charge in [0, 0.05) is 25.0 Å². The van der Waals surface area contributed by atoms with Crippen molar-refractivity contribution >= 4 is 6.09 Å². The molecule has 0 saturated carbocycles. The average Bonchev–Trinajstić information content (AvgIpc) is 2.42. The minimum absolute atomic E-state index is 0.545. The summed E-state index contributed by atoms with van der Waals surface area (Å²) in [5.41, 5.74) is -1.84. The Balaban J connectivity index is 2.51. The summed E-state index contributed by atoms with van der Waals surface area (Å²) in [6.07, 6.45) is 2.67. The summed E-state index contributed by atoms with van der Waals surface area (Å²) in [6, 6.07) is 3.51. The number of aliphatic hydroxyl groups is 1. The number of carbonyl (C=O) groups is 1. The van der Waals surface area contributed by atoms with Gasteiger partial charge >= 0.3 is 6.09 Å². The number of hydrogen-bond acceptors (Lipinski definition) is 4. The molecule has 0 aliphatic carbocycles. The number of pyridine rings is 1. The molecule has 1 aliphatic rings. The molecule has 0 aromatic carbocycles. The van der Waals surface area contributed by atoms with Gasteiger partial charge in [0.05, 0.1) is 0 Å². The van der Waals surface area contributed by atoms with E-state index in [0.29, 0.717) is 5.56 Å². The highest BCUT2D eigenvalue weighted by Crippen LogP contribution is 2.43. The average molecular weight is 222 g/mol. The van der Waals surface area contributed by atoms with Crippen LogP contribution in [-0.4, -0.2) is 33.9 Å². The van der Waals surface area contributed by atoms with Crippen molar-refractivity contribution in [1.82, 2.24) is 9.88 Å². The highest BCUT2D eigenvalue weighted by molar-refractivity contribution is 5.72. The molecular weight excluding hydrogens is 208 g/mol. The molecule has 0 spiro atoms. The molecule has 1 N–H and O–H groups in total. The van der Waals surface area contributed by atoms with Gasteiger partial charge in [-0.2, -0.15) is 0 Å². The number of cyclic esters (lactones) is 1. The first-order valence-corrected chi connectivity index (χ1v) is 4.99. The van der Waals surface area contributed by atoms with Gasteiger partial charge in [0.25, 0.3) is 0 Å². The third-order valence-electron chi connectivity index (χ3n) is 3.33. The van der Waals surface area contributed by atoms with E-state index >= 15 is 0 Å². The largest absolute Gasteiger partial charge is 0.433 e. The second-order valence-corrected chi connectivity index (χ2v) is 4.22. The number of aromatic nitrogens is 1. The molecule has 16 heavy (non-hydrogen) atoms. The smallest absolute Gasteiger partial charge is 0.412 e. The number of likely N-dealkylation sites (N-methyl/N-ethyl adjacent to an activating group) is 1. The lowest BCUT2D eigenvalue weighted by molar-refractivity contribution is -0.135. The van der Waals surface area contributed by atoms with Crippen LogP contribution in [0.25, 0.3) is 0 Å². The molecule has 1 aromatic heterocycles. The van der Waals surface area contributed by atoms with Gasteiger partial charge < -0.3 is 9.84 Å². The zero-order chi connectivity index (χ0) is 12.0. The summed E-state index contributed by atoms with van der Waals surface area (Å²) in [6.45, 7) is 3.22. The Morgan fingerprint density at radius 1 is 1.50 bits per heavy atom. The predicted molar refractivity (Wildman–Crippen MR) is 56.5 cm³/mol. The summed E-state index contributed by atoms with van der Waals surface area (Å²) in [7, 11) is 1.50. The molecule has 5 nitrogen and oxygen atoms in total. The van der Waals surface area contributed by atoms with Gasteiger partial charge in [0.1, 0.15) is 0 Å². The molecule has 2 heterocycles. The summed E-state index contributed by atoms with van der Waals surface area (Å²) in [5.74, 6) is 0. The maximum atomic E-state index is 11.5. The fourth-order valence-corrected chi connectivity index (χ4v) is 1.81. The first kappa shape index (κ1) is 10.9. The minimum Gasteiger partial charge on any atom is -0.433 e. The van der Waals surface area contributed by atoms with Gasteiger partial charge in [-0.25, -0.2) is 4.79 Å². The number of hydrogen-bond donors (Lipinski definition) is 1. The van der Waals surface area contributed by atoms with Crippen LogP contribution in [0.1, 0.15) is 19.4 Å². The molecule has 0 bridgehead atoms. The van der Waals surface area contributed by atoms with E-state index < -0.39 is 17.4 Å². The van der Waals surface area contributed by atoms with Crippen LogP contribution >= 0.6 is 0 Å². The predicted octanol–water partition coefficient (Wildman–Crippen LogP) is 1.09. The van der Waals surface area contributed by atoms with Crippen LogP contribution in [0.3, 0.4) is 0 Å². The molecule has 0 radical (unpaired) electrons. The van der Waals surface area contributed by atoms with Crippen molar-refractivity contribution in [3.63, 3.8) is 0 Å². The monoisotopic (exact) mass is 222 g/mol. The highest BCUT2D eigenvalue weighted by Gasteiger charge is 2.59. The van der Waals surface area contributed by atoms with E-state index in [9.17, 15) is 9.90 Å². The zero-order valence-electron chi connectivity index (χ0n) is 9.47. The van der Waals surface area contributed by atoms with Crippen LogP contribution in [0.15, 0.2) is 24.5 Å². The first-order chi connectivity index (χ1) is 7.39. The van der Waals surface area contributed by atoms with Crippen molar-refractivity contribution in [3.8, 4) is 0 Å². The quantitative estimate of drug-likeness (QED) is 0.772. The Morgan fingerprint density at radius 3 is 2.62 bits per heavy atom. The molecule has 1 fully saturated rings. The lowest BCUT2D eigenvalue weighted by Crippen LogP contribution is -2.51. The normalized spacial score (nSPS) is 34.0. The number of ether oxygens (including phenoxy) is 1. The fourth-order valence-electron chi connectivity index (χ4n) is 1.81. The van der Waals surface area contributed by atoms with E-state index in [-0.39, 0.29) is 0 Å². The third kappa shape index (κ3) is 1.21. The minimum atomic E-state index is -1.40. The van der Waals surface area contributed by atoms with Gasteiger partial charge in [-0.15, -0.1) is 0 Å². The van der Waals surface area contributed by atoms with Crippen molar-refractivity contribution in [1.29, 1.82) is 0 Å². The first-order valence-electron chi connectivity index (χ1n) is 4.99. The molecule has 1 aromatic rings. The lowest BCUT2D eigenvalue weighted by atomic mass is 9.87. The fraction of sp³-hybridized carbons (Fsp3) is 0.455. The van der Waals surface area contributed by atoms with Gasteiger partial charge in [0.15, 0.2) is 11.3 Å². The standard InChI is InChI=1S/C11H14N2O3/c1-10(8-5-4-6-12-7-8)11(2,15)13(3)9(14)16-10/h4-7,15H,1-3H3/t10-,11+/m1/s1. The van der Waals surface area contributed by atoms with Crippen molar-refractivity contribution in [2.45, 2.75) is 25.2 Å². The van der Waals surface area contributed by atoms with E-state index in [1.165, 1.54) is 11.9 Å². The van der Waals surface area contributed by atoms with Crippen molar-refractivity contribution in [3.05, 3.63) is 30.1 Å². The summed E-state index contributed by atoms with van der Waals surface area (Å²) < 4.78 is 5.26. The van der Waals surface area contributed by atoms with Crippen LogP contribution in [-0.2, 0) is 10.3 Å². The highest BCUT2D eigenvalue weighted by atomic mass is 16.6. The zero-order valence-corrected chi connectivity index (χ0v) is 9.47. The Morgan fingerprint density at radius 2 is 2.19 bits per heavy atom. The molecule has 2 rings (SSSR count). The Labute approximate surface area is 93.7 Å². The van der Waals surface area contributed by atoms with Crippen LogP contribution in [0.4, 0.5) is 4.79 Å². The van der Waals surface area contributed by atoms with E-state index in [1.54, 1.807) is 38.4 Å². The second kappa shape index (κ2) is 3.18. The summed E-state index contributed by atoms with van der Waals surface area (Å²) in [5, 5.41) is 10.4. The number of rotatable bonds is 1. The summed E-state index contributed by atoms with van der Waals surface area (Å²) >= 11 is 0. The van der Waals surface area contributed by atoms with E-state index in [1.807, 2.05) is 0 Å². The Kier molecular flexibility index (Phi) is 2.17. The molecule has 0 unspecified atom stereocenters. The van der Waals surface area contributed by atoms with Crippen LogP contribution in [0.2, 0.25) is 0 Å². The van der Waals surface area contributed by atoms with Gasteiger partial charge in [-0.05, 0) is 19.9 Å². The molecule has 1 saturated heterocycles. The number of amides is 1. The van der Waals surface area contributed by atoms with Crippen molar-refractivity contribution < 1.29 is 14.6 Å². The number of nitrogens with zero attached hydrogens (tertiary/aromatic N) is 2. The SMILES string of the molecule is CN1C(=O)O[C@](C)(c2cccnc2)[C@]1(C)O. The maximum absolute atomic E-state index is 11.5. The van der Waals surface area contributed by atoms with Crippen molar-refractivity contribution in [2.75, 3.05) is 7.05 Å². The maximum Gasteiger partial charge on any atom is 0.412 e. The number of carbonyl (C=O) groups excluding carboxylic acids is 1. The third-order valence-corrected chi connectivity index (χ3v) is 3.33. The Bertz CT molecular complexity index is 418. The van der Waals surface area contributed by atoms with Crippen LogP contribution in [0.5, 0.6) is 0 Å². The molecule has 2 atom stereocenters. The van der Waals surface area contributed by atoms with Gasteiger partial charge in [-0.1, -0.05) is 6.07 Å². The molecule has 1 amide bonds. The van der Waals surface area contributed by atoms with E-state index in [4.69, 9.17) is 4.74 Å². The summed E-state index contributed by atoms with van der Waals surface area (Å²) in [4.78, 5) is 16.7. The van der Waals surface area contributed by atoms with Crippen molar-refractivity contribution in [2.24, 2.45) is 0 Å². The van der Waals surface area contributed by atoms with Gasteiger partial charge in [-0.3, -0.25) is 9.88 Å². The Hall–Kier alpha value is -1.62. The molecular formula is C11H14N2O3.